The minimum Gasteiger partial charge on any atom is -0.455 e. The Bertz CT molecular complexity index is 1840. The fraction of sp³-hybridized carbons (Fsp3) is 0.163. The van der Waals surface area contributed by atoms with Crippen molar-refractivity contribution in [3.05, 3.63) is 168 Å². The molecule has 0 radical (unpaired) electrons. The fourth-order valence-electron chi connectivity index (χ4n) is 6.87. The summed E-state index contributed by atoms with van der Waals surface area (Å²) in [4.78, 5) is 0. The van der Waals surface area contributed by atoms with Gasteiger partial charge in [-0.25, -0.2) is 0 Å². The SMILES string of the molecule is CCc1ccccc1[P@](c1ccccc1)c1cccc2c1Oc1c([P@@](c3ccccc3)c3ccccc3CC)cccc1C2(C)C. The van der Waals surface area contributed by atoms with Gasteiger partial charge in [0.2, 0.25) is 0 Å². The van der Waals surface area contributed by atoms with Crippen LogP contribution in [0.5, 0.6) is 11.5 Å². The molecule has 6 aromatic rings. The molecule has 1 nitrogen and oxygen atoms in total. The van der Waals surface area contributed by atoms with Crippen molar-refractivity contribution in [2.75, 3.05) is 0 Å². The van der Waals surface area contributed by atoms with Gasteiger partial charge in [0.25, 0.3) is 0 Å². The van der Waals surface area contributed by atoms with E-state index in [2.05, 4.69) is 173 Å². The Hall–Kier alpha value is -4.02. The van der Waals surface area contributed by atoms with Crippen LogP contribution in [-0.2, 0) is 18.3 Å². The number of ether oxygens (including phenoxy) is 1. The topological polar surface area (TPSA) is 9.23 Å². The van der Waals surface area contributed by atoms with Gasteiger partial charge in [0.15, 0.2) is 0 Å². The van der Waals surface area contributed by atoms with Gasteiger partial charge < -0.3 is 4.74 Å². The van der Waals surface area contributed by atoms with Crippen LogP contribution in [-0.4, -0.2) is 0 Å². The van der Waals surface area contributed by atoms with Gasteiger partial charge in [0.05, 0.1) is 0 Å². The lowest BCUT2D eigenvalue weighted by molar-refractivity contribution is 0.425. The quantitative estimate of drug-likeness (QED) is 0.152. The Morgan fingerprint density at radius 1 is 0.435 bits per heavy atom. The Balaban J connectivity index is 1.47. The lowest BCUT2D eigenvalue weighted by Crippen LogP contribution is -2.33. The van der Waals surface area contributed by atoms with Gasteiger partial charge in [-0.1, -0.05) is 173 Å². The first-order chi connectivity index (χ1) is 22.5. The predicted octanol–water partition coefficient (Wildman–Crippen LogP) is 8.76. The highest BCUT2D eigenvalue weighted by Crippen LogP contribution is 2.52. The van der Waals surface area contributed by atoms with Gasteiger partial charge >= 0.3 is 0 Å². The van der Waals surface area contributed by atoms with E-state index in [1.165, 1.54) is 54.1 Å². The minimum atomic E-state index is -0.858. The number of hydrogen-bond donors (Lipinski definition) is 0. The zero-order valence-corrected chi connectivity index (χ0v) is 28.9. The van der Waals surface area contributed by atoms with E-state index in [0.717, 1.165) is 24.3 Å². The minimum absolute atomic E-state index is 0.237. The maximum atomic E-state index is 7.40. The number of para-hydroxylation sites is 2. The highest BCUT2D eigenvalue weighted by atomic mass is 31.1. The number of rotatable bonds is 8. The molecule has 7 rings (SSSR count). The second kappa shape index (κ2) is 13.0. The molecule has 0 saturated carbocycles. The third kappa shape index (κ3) is 5.41. The van der Waals surface area contributed by atoms with Crippen LogP contribution in [0.25, 0.3) is 0 Å². The van der Waals surface area contributed by atoms with E-state index < -0.39 is 15.8 Å². The van der Waals surface area contributed by atoms with Gasteiger partial charge in [0, 0.05) is 27.2 Å². The standard InChI is InChI=1S/C43H40OP2/c1-5-31-19-13-15-27-37(31)45(33-21-9-7-10-22-33)39-29-17-25-35-41(39)44-42-36(43(35,3)4)26-18-30-40(42)46(34-23-11-8-12-24-34)38-28-16-14-20-32(38)6-2/h7-30H,5-6H2,1-4H3/t45-,46-/m0/s1. The molecule has 0 fully saturated rings. The summed E-state index contributed by atoms with van der Waals surface area (Å²) in [5.74, 6) is 2.06. The molecule has 0 aliphatic carbocycles. The van der Waals surface area contributed by atoms with E-state index in [9.17, 15) is 0 Å². The van der Waals surface area contributed by atoms with E-state index in [0.29, 0.717) is 0 Å². The summed E-state index contributed by atoms with van der Waals surface area (Å²) in [6.07, 6.45) is 1.99. The molecule has 0 spiro atoms. The summed E-state index contributed by atoms with van der Waals surface area (Å²) in [6, 6.07) is 53.8. The van der Waals surface area contributed by atoms with Crippen molar-refractivity contribution in [1.29, 1.82) is 0 Å². The first-order valence-electron chi connectivity index (χ1n) is 16.3. The summed E-state index contributed by atoms with van der Waals surface area (Å²) < 4.78 is 7.40. The third-order valence-corrected chi connectivity index (χ3v) is 14.4. The Morgan fingerprint density at radius 3 is 1.22 bits per heavy atom. The molecule has 1 aliphatic rings. The van der Waals surface area contributed by atoms with E-state index in [1.807, 2.05) is 0 Å². The van der Waals surface area contributed by atoms with Crippen molar-refractivity contribution >= 4 is 47.7 Å². The van der Waals surface area contributed by atoms with Gasteiger partial charge in [-0.15, -0.1) is 0 Å². The average Bonchev–Trinajstić information content (AvgIpc) is 3.10. The molecular formula is C43H40OP2. The van der Waals surface area contributed by atoms with Gasteiger partial charge in [-0.2, -0.15) is 0 Å². The monoisotopic (exact) mass is 634 g/mol. The molecular weight excluding hydrogens is 594 g/mol. The zero-order chi connectivity index (χ0) is 31.7. The van der Waals surface area contributed by atoms with Crippen LogP contribution in [0.1, 0.15) is 49.9 Å². The number of hydrogen-bond acceptors (Lipinski definition) is 1. The van der Waals surface area contributed by atoms with Crippen molar-refractivity contribution < 1.29 is 4.74 Å². The molecule has 1 heterocycles. The average molecular weight is 635 g/mol. The first-order valence-corrected chi connectivity index (χ1v) is 19.0. The van der Waals surface area contributed by atoms with Crippen molar-refractivity contribution in [1.82, 2.24) is 0 Å². The van der Waals surface area contributed by atoms with Crippen LogP contribution >= 0.6 is 15.8 Å². The molecule has 6 aromatic carbocycles. The molecule has 0 amide bonds. The first kappa shape index (κ1) is 30.6. The third-order valence-electron chi connectivity index (χ3n) is 9.28. The summed E-state index contributed by atoms with van der Waals surface area (Å²) in [7, 11) is -1.72. The number of fused-ring (bicyclic) bond motifs is 2. The molecule has 46 heavy (non-hydrogen) atoms. The molecule has 1 aliphatic heterocycles. The molecule has 0 aromatic heterocycles. The van der Waals surface area contributed by atoms with Gasteiger partial charge in [-0.05, 0) is 61.0 Å². The summed E-state index contributed by atoms with van der Waals surface area (Å²) in [6.45, 7) is 9.27. The van der Waals surface area contributed by atoms with Crippen molar-refractivity contribution in [2.45, 2.75) is 46.0 Å². The highest BCUT2D eigenvalue weighted by molar-refractivity contribution is 7.80. The fourth-order valence-corrected chi connectivity index (χ4v) is 12.2. The van der Waals surface area contributed by atoms with E-state index >= 15 is 0 Å². The second-order valence-corrected chi connectivity index (χ2v) is 16.6. The smallest absolute Gasteiger partial charge is 0.139 e. The zero-order valence-electron chi connectivity index (χ0n) is 27.1. The molecule has 0 N–H and O–H groups in total. The highest BCUT2D eigenvalue weighted by Gasteiger charge is 2.39. The maximum Gasteiger partial charge on any atom is 0.139 e. The van der Waals surface area contributed by atoms with Crippen LogP contribution in [0, 0.1) is 0 Å². The molecule has 2 atom stereocenters. The van der Waals surface area contributed by atoms with Gasteiger partial charge in [-0.3, -0.25) is 0 Å². The summed E-state index contributed by atoms with van der Waals surface area (Å²) in [5, 5.41) is 8.07. The number of benzene rings is 6. The molecule has 0 bridgehead atoms. The lowest BCUT2D eigenvalue weighted by Gasteiger charge is -2.38. The van der Waals surface area contributed by atoms with Crippen molar-refractivity contribution in [2.24, 2.45) is 0 Å². The van der Waals surface area contributed by atoms with E-state index in [1.54, 1.807) is 0 Å². The van der Waals surface area contributed by atoms with Crippen LogP contribution in [0.3, 0.4) is 0 Å². The van der Waals surface area contributed by atoms with E-state index in [-0.39, 0.29) is 5.41 Å². The van der Waals surface area contributed by atoms with Crippen LogP contribution < -0.4 is 36.6 Å². The van der Waals surface area contributed by atoms with Crippen molar-refractivity contribution in [3.63, 3.8) is 0 Å². The predicted molar refractivity (Wildman–Crippen MR) is 201 cm³/mol. The summed E-state index contributed by atoms with van der Waals surface area (Å²) >= 11 is 0. The lowest BCUT2D eigenvalue weighted by atomic mass is 9.76. The van der Waals surface area contributed by atoms with Crippen LogP contribution in [0.15, 0.2) is 146 Å². The molecule has 3 heteroatoms. The molecule has 0 saturated heterocycles. The molecule has 0 unspecified atom stereocenters. The number of aryl methyl sites for hydroxylation is 2. The summed E-state index contributed by atoms with van der Waals surface area (Å²) in [5.41, 5.74) is 5.07. The Kier molecular flexibility index (Phi) is 8.66. The van der Waals surface area contributed by atoms with Crippen LogP contribution in [0.2, 0.25) is 0 Å². The molecule has 228 valence electrons. The largest absolute Gasteiger partial charge is 0.455 e. The normalized spacial score (nSPS) is 14.4. The van der Waals surface area contributed by atoms with E-state index in [4.69, 9.17) is 4.74 Å². The Morgan fingerprint density at radius 2 is 0.804 bits per heavy atom. The van der Waals surface area contributed by atoms with Crippen molar-refractivity contribution in [3.8, 4) is 11.5 Å². The van der Waals surface area contributed by atoms with Crippen LogP contribution in [0.4, 0.5) is 0 Å². The Labute approximate surface area is 276 Å². The second-order valence-electron chi connectivity index (χ2n) is 12.3. The maximum absolute atomic E-state index is 7.40. The van der Waals surface area contributed by atoms with Gasteiger partial charge in [0.1, 0.15) is 11.5 Å².